The molecule has 12 atom stereocenters. The zero-order chi connectivity index (χ0) is 89.2. The van der Waals surface area contributed by atoms with Gasteiger partial charge in [0.05, 0.1) is 30.5 Å². The maximum absolute atomic E-state index is 13.6. The van der Waals surface area contributed by atoms with Gasteiger partial charge in [0, 0.05) is 63.1 Å². The minimum Gasteiger partial charge on any atom is -0.367 e. The highest BCUT2D eigenvalue weighted by atomic mass is 16.5. The second-order valence-corrected chi connectivity index (χ2v) is 39.7. The van der Waals surface area contributed by atoms with E-state index in [9.17, 15) is 33.6 Å². The summed E-state index contributed by atoms with van der Waals surface area (Å²) in [4.78, 5) is 91.7. The fourth-order valence-electron chi connectivity index (χ4n) is 27.6. The maximum atomic E-state index is 13.6. The van der Waals surface area contributed by atoms with Crippen molar-refractivity contribution in [2.24, 2.45) is 41.4 Å². The summed E-state index contributed by atoms with van der Waals surface area (Å²) < 4.78 is 7.45. The Balaban J connectivity index is 0.000000104. The number of aryl methyl sites for hydroxylation is 4. The van der Waals surface area contributed by atoms with Crippen LogP contribution in [-0.2, 0) is 52.9 Å². The van der Waals surface area contributed by atoms with Crippen LogP contribution in [0.3, 0.4) is 0 Å². The van der Waals surface area contributed by atoms with Crippen LogP contribution >= 0.6 is 0 Å². The third kappa shape index (κ3) is 11.8. The van der Waals surface area contributed by atoms with Crippen LogP contribution in [0, 0.1) is 69.1 Å². The van der Waals surface area contributed by atoms with Crippen molar-refractivity contribution in [1.82, 2.24) is 0 Å². The van der Waals surface area contributed by atoms with E-state index < -0.39 is 0 Å². The number of benzene rings is 11. The number of carbonyl (C=O) groups is 7. The van der Waals surface area contributed by atoms with Gasteiger partial charge >= 0.3 is 0 Å². The Labute approximate surface area is 754 Å². The molecule has 128 heavy (non-hydrogen) atoms. The topological polar surface area (TPSA) is 129 Å². The summed E-state index contributed by atoms with van der Waals surface area (Å²) in [5.74, 6) is 5.06. The maximum Gasteiger partial charge on any atom is 0.171 e. The monoisotopic (exact) mass is 1680 g/mol. The van der Waals surface area contributed by atoms with Crippen LogP contribution < -0.4 is 0 Å². The summed E-state index contributed by atoms with van der Waals surface area (Å²) in [5.41, 5.74) is 47.7. The van der Waals surface area contributed by atoms with E-state index in [0.717, 1.165) is 118 Å². The molecule has 0 amide bonds. The minimum atomic E-state index is -0.301. The van der Waals surface area contributed by atoms with Gasteiger partial charge in [0.2, 0.25) is 0 Å². The van der Waals surface area contributed by atoms with Crippen molar-refractivity contribution in [3.63, 3.8) is 0 Å². The van der Waals surface area contributed by atoms with Gasteiger partial charge in [0.1, 0.15) is 0 Å². The summed E-state index contributed by atoms with van der Waals surface area (Å²) in [7, 11) is 0. The Hall–Kier alpha value is -11.7. The van der Waals surface area contributed by atoms with Crippen LogP contribution in [0.15, 0.2) is 193 Å². The van der Waals surface area contributed by atoms with Gasteiger partial charge < -0.3 is 4.74 Å². The van der Waals surface area contributed by atoms with Gasteiger partial charge in [0.25, 0.3) is 0 Å². The largest absolute Gasteiger partial charge is 0.367 e. The number of rotatable bonds is 4. The Bertz CT molecular complexity index is 6770. The highest BCUT2D eigenvalue weighted by molar-refractivity contribution is 6.35. The number of hydrogen-bond acceptors (Lipinski definition) is 8. The molecule has 26 rings (SSSR count). The molecule has 2 aliphatic heterocycles. The molecule has 2 heterocycles. The first-order chi connectivity index (χ1) is 61.9. The lowest BCUT2D eigenvalue weighted by molar-refractivity contribution is -0.222. The summed E-state index contributed by atoms with van der Waals surface area (Å²) in [6.07, 6.45) is 13.4. The van der Waals surface area contributed by atoms with Gasteiger partial charge in [-0.25, -0.2) is 0 Å². The van der Waals surface area contributed by atoms with Crippen molar-refractivity contribution in [3.05, 3.63) is 338 Å². The van der Waals surface area contributed by atoms with Crippen LogP contribution in [0.25, 0.3) is 77.9 Å². The third-order valence-electron chi connectivity index (χ3n) is 33.4. The molecule has 2 fully saturated rings. The van der Waals surface area contributed by atoms with Gasteiger partial charge in [-0.3, -0.25) is 33.6 Å². The highest BCUT2D eigenvalue weighted by Crippen LogP contribution is 2.71. The zero-order valence-electron chi connectivity index (χ0n) is 77.1. The van der Waals surface area contributed by atoms with Gasteiger partial charge in [-0.1, -0.05) is 269 Å². The Morgan fingerprint density at radius 1 is 0.359 bits per heavy atom. The Kier molecular flexibility index (Phi) is 20.0. The van der Waals surface area contributed by atoms with E-state index >= 15 is 0 Å². The van der Waals surface area contributed by atoms with E-state index in [1.165, 1.54) is 152 Å². The number of carbonyl (C=O) groups excluding carboxylic acids is 7. The molecule has 642 valence electrons. The molecule has 13 aliphatic carbocycles. The van der Waals surface area contributed by atoms with Crippen LogP contribution in [0.2, 0.25) is 0 Å². The summed E-state index contributed by atoms with van der Waals surface area (Å²) >= 11 is 0. The standard InChI is InChI=1S/C36H38O2.C32H30O2.C25H20O2.C23H14O2.2C2H6/c1-7-22-14-26(21(6)19(4)20(22)5)33-30-18(3)11-9-13-24(30)32-34(33)27-15-25-17(2)10-8-12-23(25)31(27)35-28(37)16-29(38)36(32)35;1-16-15-31(3)29-20-11-7-6-10-19(20)26-25-22(13-14-23(25)33)24-18-9-5-8-12-21(18)30(27(24)28(26)29)32(4,34-31)17(16)2;1-14-3-7-18-16(11-14)5-9-20(18)24-22(26)13-23(27)25(24)21-10-6-17-12-15(2)4-8-19(17)21;24-18-11-19(25)23-21-15-8-4-2-6-13(15)10-17(21)16-9-12-5-1-3-7-14(12)20(16)22(18)23;2*1-2/h8-13,19-22,26,33H,7,14-16H2,1-6H3;5-12,16-17,29-30H,13-15H2,1-4H3;3-4,7-12H,5-6,13H2,1-2H3;1-8H,9-11H2;2*1-2H3. The lowest BCUT2D eigenvalue weighted by atomic mass is 9.58. The van der Waals surface area contributed by atoms with Gasteiger partial charge in [0.15, 0.2) is 40.5 Å². The van der Waals surface area contributed by atoms with Gasteiger partial charge in [-0.2, -0.15) is 0 Å². The fraction of sp³-hybridized carbons (Fsp3) is 0.342. The molecule has 0 spiro atoms. The smallest absolute Gasteiger partial charge is 0.171 e. The van der Waals surface area contributed by atoms with Crippen LogP contribution in [0.1, 0.15) is 314 Å². The summed E-state index contributed by atoms with van der Waals surface area (Å²) in [6.45, 7) is 35.9. The lowest BCUT2D eigenvalue weighted by Gasteiger charge is -2.54. The zero-order valence-corrected chi connectivity index (χ0v) is 77.1. The number of ketones is 7. The van der Waals surface area contributed by atoms with Crippen LogP contribution in [0.4, 0.5) is 0 Å². The Morgan fingerprint density at radius 2 is 0.828 bits per heavy atom. The van der Waals surface area contributed by atoms with Crippen molar-refractivity contribution >= 4 is 51.6 Å². The molecular formula is C120H114O8. The van der Waals surface area contributed by atoms with E-state index in [0.29, 0.717) is 75.5 Å². The van der Waals surface area contributed by atoms with Crippen molar-refractivity contribution in [2.45, 2.75) is 223 Å². The summed E-state index contributed by atoms with van der Waals surface area (Å²) in [5, 5.41) is 0. The summed E-state index contributed by atoms with van der Waals surface area (Å²) in [6, 6.07) is 60.2. The van der Waals surface area contributed by atoms with Crippen molar-refractivity contribution in [1.29, 1.82) is 0 Å². The van der Waals surface area contributed by atoms with E-state index in [2.05, 4.69) is 241 Å². The second-order valence-electron chi connectivity index (χ2n) is 39.7. The SMILES string of the molecule is CC.CC.CC1CC2(C)OC(C)(C3c4ccccc4-c4c5c(c6c(c43)C2c2ccccc2-6)C(=O)CC5)C1C.CCC1CC(C2c3c(C)cccc3-c3c4c(c5c(c32)Cc2c(C)cccc2-5)C(=O)CC4=O)C(C)C(C)C1C.Cc1ccc2c(c1)CC=C2C1=C(C2=CCc3cc(C)ccc32)C(=O)CC1=O.O=C1CC(=O)c2c1c1c(c3c2-c2ccccc2C3)Cc2ccccc2-1. The Morgan fingerprint density at radius 3 is 1.39 bits per heavy atom. The molecule has 11 aromatic rings. The van der Waals surface area contributed by atoms with Gasteiger partial charge in [-0.05, 0) is 318 Å². The quantitative estimate of drug-likeness (QED) is 0.159. The second kappa shape index (κ2) is 30.8. The first kappa shape index (κ1) is 83.2. The van der Waals surface area contributed by atoms with Crippen LogP contribution in [0.5, 0.6) is 0 Å². The normalized spacial score (nSPS) is 24.9. The van der Waals surface area contributed by atoms with Crippen molar-refractivity contribution in [2.75, 3.05) is 0 Å². The van der Waals surface area contributed by atoms with Crippen molar-refractivity contribution in [3.8, 4) is 66.8 Å². The predicted molar refractivity (Wildman–Crippen MR) is 515 cm³/mol. The molecule has 0 aromatic heterocycles. The number of ether oxygens (including phenoxy) is 1. The highest BCUT2D eigenvalue weighted by Gasteiger charge is 2.64. The van der Waals surface area contributed by atoms with Crippen LogP contribution in [-0.4, -0.2) is 51.7 Å². The fourth-order valence-corrected chi connectivity index (χ4v) is 27.6. The van der Waals surface area contributed by atoms with Crippen molar-refractivity contribution < 1.29 is 38.3 Å². The number of fused-ring (bicyclic) bond motifs is 35. The molecule has 0 N–H and O–H groups in total. The van der Waals surface area contributed by atoms with E-state index in [1.807, 2.05) is 52.0 Å². The molecule has 11 aromatic carbocycles. The van der Waals surface area contributed by atoms with Gasteiger partial charge in [-0.15, -0.1) is 0 Å². The average molecular weight is 1680 g/mol. The first-order valence-electron chi connectivity index (χ1n) is 47.8. The predicted octanol–water partition coefficient (Wildman–Crippen LogP) is 27.3. The number of Topliss-reactive ketones (excluding diaryl/α,β-unsaturated/α-hetero) is 7. The lowest BCUT2D eigenvalue weighted by Crippen LogP contribution is -2.56. The molecule has 1 saturated carbocycles. The molecule has 2 bridgehead atoms. The first-order valence-corrected chi connectivity index (χ1v) is 47.8. The molecule has 15 aliphatic rings. The molecular weight excluding hydrogens is 1570 g/mol. The number of allylic oxidation sites excluding steroid dienone is 6. The third-order valence-corrected chi connectivity index (χ3v) is 33.4. The van der Waals surface area contributed by atoms with E-state index in [1.54, 1.807) is 0 Å². The van der Waals surface area contributed by atoms with E-state index in [4.69, 9.17) is 4.74 Å². The molecule has 8 heteroatoms. The van der Waals surface area contributed by atoms with E-state index in [-0.39, 0.29) is 82.9 Å². The molecule has 1 saturated heterocycles. The minimum absolute atomic E-state index is 0.00980. The molecule has 12 unspecified atom stereocenters. The molecule has 0 radical (unpaired) electrons. The average Bonchev–Trinajstić information content (AvgIpc) is 1.49. The number of hydrogen-bond donors (Lipinski definition) is 0. The molecule has 8 nitrogen and oxygen atoms in total.